The lowest BCUT2D eigenvalue weighted by Gasteiger charge is -2.35. The average Bonchev–Trinajstić information content (AvgIpc) is 2.44. The van der Waals surface area contributed by atoms with Crippen LogP contribution in [0, 0.1) is 0 Å². The molecule has 0 aromatic carbocycles. The molecule has 116 valence electrons. The number of hydrogen-bond donors (Lipinski definition) is 1. The first kappa shape index (κ1) is 16.1. The molecule has 1 aromatic heterocycles. The number of carbonyl (C=O) groups is 1. The molecule has 0 aliphatic carbocycles. The van der Waals surface area contributed by atoms with Crippen LogP contribution in [-0.4, -0.2) is 54.6 Å². The molecule has 7 nitrogen and oxygen atoms in total. The summed E-state index contributed by atoms with van der Waals surface area (Å²) in [6.45, 7) is 0.779. The van der Waals surface area contributed by atoms with Crippen LogP contribution >= 0.6 is 11.6 Å². The Hall–Kier alpha value is -1.25. The highest BCUT2D eigenvalue weighted by Gasteiger charge is 2.28. The largest absolute Gasteiger partial charge is 0.333 e. The Balaban J connectivity index is 2.12. The number of hydrogen-bond acceptors (Lipinski definition) is 5. The normalized spacial score (nSPS) is 19.5. The minimum atomic E-state index is -3.28. The lowest BCUT2D eigenvalue weighted by atomic mass is 10.0. The van der Waals surface area contributed by atoms with Gasteiger partial charge in [0.2, 0.25) is 10.0 Å². The van der Waals surface area contributed by atoms with Gasteiger partial charge in [-0.3, -0.25) is 9.78 Å². The first-order chi connectivity index (χ1) is 9.87. The monoisotopic (exact) mass is 332 g/mol. The van der Waals surface area contributed by atoms with Crippen LogP contribution in [-0.2, 0) is 10.0 Å². The van der Waals surface area contributed by atoms with Gasteiger partial charge in [0.1, 0.15) is 10.8 Å². The Morgan fingerprint density at radius 3 is 2.90 bits per heavy atom. The fraction of sp³-hybridized carbons (Fsp3) is 0.583. The van der Waals surface area contributed by atoms with E-state index in [1.165, 1.54) is 12.4 Å². The van der Waals surface area contributed by atoms with Crippen LogP contribution in [0.3, 0.4) is 0 Å². The third kappa shape index (κ3) is 4.62. The van der Waals surface area contributed by atoms with Crippen LogP contribution in [0.2, 0.25) is 5.15 Å². The number of likely N-dealkylation sites (tertiary alicyclic amines) is 1. The zero-order valence-corrected chi connectivity index (χ0v) is 13.2. The molecule has 0 saturated carbocycles. The summed E-state index contributed by atoms with van der Waals surface area (Å²) in [6.07, 6.45) is 6.42. The van der Waals surface area contributed by atoms with Crippen molar-refractivity contribution in [2.24, 2.45) is 0 Å². The predicted octanol–water partition coefficient (Wildman–Crippen LogP) is 0.674. The van der Waals surface area contributed by atoms with E-state index in [2.05, 4.69) is 14.7 Å². The van der Waals surface area contributed by atoms with Crippen LogP contribution in [0.5, 0.6) is 0 Å². The molecule has 21 heavy (non-hydrogen) atoms. The molecule has 1 fully saturated rings. The maximum absolute atomic E-state index is 12.5. The van der Waals surface area contributed by atoms with Crippen molar-refractivity contribution in [2.75, 3.05) is 19.3 Å². The number of sulfonamides is 1. The Morgan fingerprint density at radius 1 is 1.48 bits per heavy atom. The summed E-state index contributed by atoms with van der Waals surface area (Å²) in [4.78, 5) is 21.9. The summed E-state index contributed by atoms with van der Waals surface area (Å²) in [5.41, 5.74) is 0.175. The molecule has 1 aliphatic rings. The summed E-state index contributed by atoms with van der Waals surface area (Å²) in [5, 5.41) is 0.156. The van der Waals surface area contributed by atoms with Gasteiger partial charge in [-0.05, 0) is 19.3 Å². The Morgan fingerprint density at radius 2 is 2.24 bits per heavy atom. The molecule has 9 heteroatoms. The van der Waals surface area contributed by atoms with Gasteiger partial charge in [-0.1, -0.05) is 11.6 Å². The third-order valence-electron chi connectivity index (χ3n) is 3.29. The molecular formula is C12H17ClN4O3S. The highest BCUT2D eigenvalue weighted by atomic mass is 35.5. The van der Waals surface area contributed by atoms with E-state index < -0.39 is 10.0 Å². The van der Waals surface area contributed by atoms with Crippen molar-refractivity contribution >= 4 is 27.5 Å². The maximum Gasteiger partial charge on any atom is 0.274 e. The van der Waals surface area contributed by atoms with Crippen molar-refractivity contribution in [3.63, 3.8) is 0 Å². The van der Waals surface area contributed by atoms with Gasteiger partial charge in [0.05, 0.1) is 18.6 Å². The molecule has 2 rings (SSSR count). The highest BCUT2D eigenvalue weighted by Crippen LogP contribution is 2.19. The number of nitrogens with zero attached hydrogens (tertiary/aromatic N) is 3. The number of amides is 1. The molecule has 2 heterocycles. The molecule has 1 amide bonds. The van der Waals surface area contributed by atoms with Crippen molar-refractivity contribution in [3.05, 3.63) is 23.2 Å². The summed E-state index contributed by atoms with van der Waals surface area (Å²) >= 11 is 5.75. The molecule has 1 aliphatic heterocycles. The lowest BCUT2D eigenvalue weighted by Crippen LogP contribution is -2.49. The van der Waals surface area contributed by atoms with E-state index in [4.69, 9.17) is 11.6 Å². The number of halogens is 1. The van der Waals surface area contributed by atoms with Crippen LogP contribution in [0.1, 0.15) is 29.8 Å². The summed E-state index contributed by atoms with van der Waals surface area (Å²) in [7, 11) is -3.28. The summed E-state index contributed by atoms with van der Waals surface area (Å²) < 4.78 is 24.9. The molecule has 0 bridgehead atoms. The van der Waals surface area contributed by atoms with E-state index in [1.807, 2.05) is 0 Å². The fourth-order valence-corrected chi connectivity index (χ4v) is 2.96. The van der Waals surface area contributed by atoms with E-state index in [1.54, 1.807) is 4.90 Å². The van der Waals surface area contributed by atoms with Crippen molar-refractivity contribution in [3.8, 4) is 0 Å². The van der Waals surface area contributed by atoms with E-state index >= 15 is 0 Å². The van der Waals surface area contributed by atoms with Crippen molar-refractivity contribution in [1.82, 2.24) is 19.6 Å². The van der Waals surface area contributed by atoms with Gasteiger partial charge < -0.3 is 4.90 Å². The molecule has 1 atom stereocenters. The zero-order valence-electron chi connectivity index (χ0n) is 11.6. The van der Waals surface area contributed by atoms with Gasteiger partial charge >= 0.3 is 0 Å². The van der Waals surface area contributed by atoms with Gasteiger partial charge in [0.25, 0.3) is 5.91 Å². The number of rotatable bonds is 4. The highest BCUT2D eigenvalue weighted by molar-refractivity contribution is 7.88. The van der Waals surface area contributed by atoms with E-state index in [9.17, 15) is 13.2 Å². The van der Waals surface area contributed by atoms with Crippen LogP contribution in [0.15, 0.2) is 12.4 Å². The number of piperidine rings is 1. The molecule has 1 N–H and O–H groups in total. The minimum Gasteiger partial charge on any atom is -0.333 e. The second-order valence-corrected chi connectivity index (χ2v) is 7.22. The van der Waals surface area contributed by atoms with E-state index in [0.717, 1.165) is 25.5 Å². The molecule has 1 aromatic rings. The molecular weight excluding hydrogens is 316 g/mol. The van der Waals surface area contributed by atoms with Gasteiger partial charge in [0.15, 0.2) is 0 Å². The predicted molar refractivity (Wildman–Crippen MR) is 78.6 cm³/mol. The van der Waals surface area contributed by atoms with Gasteiger partial charge in [-0.25, -0.2) is 18.1 Å². The standard InChI is InChI=1S/C12H17ClN4O3S/c1-21(19,20)15-6-9-4-2-3-5-17(9)12(18)10-7-14-8-11(13)16-10/h7-9,15H,2-6H2,1H3. The average molecular weight is 333 g/mol. The van der Waals surface area contributed by atoms with Crippen molar-refractivity contribution < 1.29 is 13.2 Å². The topological polar surface area (TPSA) is 92.3 Å². The second kappa shape index (κ2) is 6.67. The van der Waals surface area contributed by atoms with Crippen molar-refractivity contribution in [2.45, 2.75) is 25.3 Å². The van der Waals surface area contributed by atoms with E-state index in [0.29, 0.717) is 6.54 Å². The SMILES string of the molecule is CS(=O)(=O)NCC1CCCCN1C(=O)c1cncc(Cl)n1. The quantitative estimate of drug-likeness (QED) is 0.875. The first-order valence-electron chi connectivity index (χ1n) is 6.60. The summed E-state index contributed by atoms with van der Waals surface area (Å²) in [5.74, 6) is -0.273. The Kier molecular flexibility index (Phi) is 5.13. The van der Waals surface area contributed by atoms with Crippen LogP contribution < -0.4 is 4.72 Å². The molecule has 0 radical (unpaired) electrons. The van der Waals surface area contributed by atoms with E-state index in [-0.39, 0.29) is 29.3 Å². The second-order valence-electron chi connectivity index (χ2n) is 5.00. The summed E-state index contributed by atoms with van der Waals surface area (Å²) in [6, 6.07) is -0.179. The Bertz CT molecular complexity index is 623. The zero-order chi connectivity index (χ0) is 15.5. The van der Waals surface area contributed by atoms with Gasteiger partial charge in [-0.2, -0.15) is 0 Å². The first-order valence-corrected chi connectivity index (χ1v) is 8.87. The number of aromatic nitrogens is 2. The minimum absolute atomic E-state index is 0.156. The van der Waals surface area contributed by atoms with Crippen LogP contribution in [0.25, 0.3) is 0 Å². The van der Waals surface area contributed by atoms with Gasteiger partial charge in [-0.15, -0.1) is 0 Å². The number of carbonyl (C=O) groups excluding carboxylic acids is 1. The van der Waals surface area contributed by atoms with Crippen molar-refractivity contribution in [1.29, 1.82) is 0 Å². The third-order valence-corrected chi connectivity index (χ3v) is 4.17. The molecule has 1 saturated heterocycles. The Labute approximate surface area is 128 Å². The van der Waals surface area contributed by atoms with Crippen LogP contribution in [0.4, 0.5) is 0 Å². The fourth-order valence-electron chi connectivity index (χ4n) is 2.32. The van der Waals surface area contributed by atoms with Gasteiger partial charge in [0, 0.05) is 19.1 Å². The lowest BCUT2D eigenvalue weighted by molar-refractivity contribution is 0.0612. The molecule has 1 unspecified atom stereocenters. The molecule has 0 spiro atoms. The maximum atomic E-state index is 12.5. The smallest absolute Gasteiger partial charge is 0.274 e. The number of nitrogens with one attached hydrogen (secondary N) is 1.